The van der Waals surface area contributed by atoms with Gasteiger partial charge in [0.05, 0.1) is 13.2 Å². The van der Waals surface area contributed by atoms with E-state index in [0.717, 1.165) is 18.4 Å². The van der Waals surface area contributed by atoms with E-state index in [1.165, 1.54) is 25.7 Å². The highest BCUT2D eigenvalue weighted by Gasteiger charge is 2.27. The number of amides is 2. The second-order valence-corrected chi connectivity index (χ2v) is 7.52. The summed E-state index contributed by atoms with van der Waals surface area (Å²) in [6, 6.07) is 5.73. The molecular formula is C18H24Cl2N2O2. The van der Waals surface area contributed by atoms with Crippen LogP contribution in [0.5, 0.6) is 0 Å². The number of carbonyl (C=O) groups is 1. The Balaban J connectivity index is 1.61. The van der Waals surface area contributed by atoms with E-state index in [1.807, 2.05) is 17.0 Å². The molecule has 4 nitrogen and oxygen atoms in total. The van der Waals surface area contributed by atoms with Crippen molar-refractivity contribution in [1.82, 2.24) is 10.2 Å². The first-order valence-electron chi connectivity index (χ1n) is 8.75. The van der Waals surface area contributed by atoms with E-state index < -0.39 is 0 Å². The number of halogens is 2. The number of hydrogen-bond acceptors (Lipinski definition) is 2. The topological polar surface area (TPSA) is 41.6 Å². The van der Waals surface area contributed by atoms with Crippen molar-refractivity contribution in [3.63, 3.8) is 0 Å². The number of urea groups is 1. The zero-order valence-electron chi connectivity index (χ0n) is 13.8. The maximum Gasteiger partial charge on any atom is 0.317 e. The molecule has 2 fully saturated rings. The van der Waals surface area contributed by atoms with Gasteiger partial charge in [0, 0.05) is 22.6 Å². The predicted octanol–water partition coefficient (Wildman–Crippen LogP) is 4.80. The molecule has 1 heterocycles. The van der Waals surface area contributed by atoms with Crippen molar-refractivity contribution < 1.29 is 9.53 Å². The molecule has 1 unspecified atom stereocenters. The van der Waals surface area contributed by atoms with Crippen molar-refractivity contribution in [2.24, 2.45) is 0 Å². The molecule has 3 rings (SSSR count). The Bertz CT molecular complexity index is 554. The fourth-order valence-corrected chi connectivity index (χ4v) is 4.03. The summed E-state index contributed by atoms with van der Waals surface area (Å²) in [6.07, 6.45) is 6.96. The van der Waals surface area contributed by atoms with E-state index in [4.69, 9.17) is 27.9 Å². The number of nitrogens with one attached hydrogen (secondary N) is 1. The molecule has 0 bridgehead atoms. The summed E-state index contributed by atoms with van der Waals surface area (Å²) in [4.78, 5) is 14.4. The average molecular weight is 371 g/mol. The number of benzene rings is 1. The summed E-state index contributed by atoms with van der Waals surface area (Å²) < 4.78 is 5.83. The van der Waals surface area contributed by atoms with E-state index in [0.29, 0.717) is 35.8 Å². The van der Waals surface area contributed by atoms with Crippen LogP contribution in [0.4, 0.5) is 4.79 Å². The van der Waals surface area contributed by atoms with Gasteiger partial charge in [-0.3, -0.25) is 0 Å². The number of ether oxygens (including phenoxy) is 1. The Hall–Kier alpha value is -0.970. The molecule has 1 saturated carbocycles. The molecule has 24 heavy (non-hydrogen) atoms. The standard InChI is InChI=1S/C18H24Cl2N2O2/c19-14-9-13(10-15(20)11-14)17-12-22(7-8-24-17)18(23)21-16-5-3-1-2-4-6-16/h9-11,16-17H,1-8,12H2,(H,21,23). The third kappa shape index (κ3) is 4.78. The molecule has 1 N–H and O–H groups in total. The summed E-state index contributed by atoms with van der Waals surface area (Å²) in [7, 11) is 0. The second kappa shape index (κ2) is 8.41. The third-order valence-electron chi connectivity index (χ3n) is 4.79. The van der Waals surface area contributed by atoms with Crippen LogP contribution in [0, 0.1) is 0 Å². The third-order valence-corrected chi connectivity index (χ3v) is 5.23. The van der Waals surface area contributed by atoms with Gasteiger partial charge in [-0.15, -0.1) is 0 Å². The molecule has 0 spiro atoms. The van der Waals surface area contributed by atoms with E-state index in [-0.39, 0.29) is 12.1 Å². The first kappa shape index (κ1) is 17.8. The van der Waals surface area contributed by atoms with Gasteiger partial charge in [-0.2, -0.15) is 0 Å². The van der Waals surface area contributed by atoms with Gasteiger partial charge < -0.3 is 15.0 Å². The predicted molar refractivity (Wildman–Crippen MR) is 96.7 cm³/mol. The maximum absolute atomic E-state index is 12.6. The minimum absolute atomic E-state index is 0.0170. The highest BCUT2D eigenvalue weighted by molar-refractivity contribution is 6.34. The first-order valence-corrected chi connectivity index (χ1v) is 9.50. The summed E-state index contributed by atoms with van der Waals surface area (Å²) in [5, 5.41) is 4.37. The maximum atomic E-state index is 12.6. The second-order valence-electron chi connectivity index (χ2n) is 6.65. The lowest BCUT2D eigenvalue weighted by molar-refractivity contribution is -0.0158. The Labute approximate surface area is 153 Å². The zero-order chi connectivity index (χ0) is 16.9. The van der Waals surface area contributed by atoms with Crippen molar-refractivity contribution >= 4 is 29.2 Å². The molecule has 132 valence electrons. The van der Waals surface area contributed by atoms with E-state index in [9.17, 15) is 4.79 Å². The molecule has 6 heteroatoms. The van der Waals surface area contributed by atoms with Crippen LogP contribution in [0.3, 0.4) is 0 Å². The van der Waals surface area contributed by atoms with Crippen LogP contribution in [0.2, 0.25) is 10.0 Å². The molecule has 1 aromatic carbocycles. The Kier molecular flexibility index (Phi) is 6.25. The van der Waals surface area contributed by atoms with Crippen LogP contribution >= 0.6 is 23.2 Å². The van der Waals surface area contributed by atoms with Crippen LogP contribution in [0.15, 0.2) is 18.2 Å². The number of nitrogens with zero attached hydrogens (tertiary/aromatic N) is 1. The molecule has 1 saturated heterocycles. The summed E-state index contributed by atoms with van der Waals surface area (Å²) in [6.45, 7) is 1.66. The number of morpholine rings is 1. The lowest BCUT2D eigenvalue weighted by Crippen LogP contribution is -2.49. The number of rotatable bonds is 2. The van der Waals surface area contributed by atoms with E-state index in [2.05, 4.69) is 5.32 Å². The lowest BCUT2D eigenvalue weighted by Gasteiger charge is -2.34. The lowest BCUT2D eigenvalue weighted by atomic mass is 10.1. The molecule has 1 atom stereocenters. The highest BCUT2D eigenvalue weighted by atomic mass is 35.5. The molecular weight excluding hydrogens is 347 g/mol. The van der Waals surface area contributed by atoms with Crippen LogP contribution in [-0.4, -0.2) is 36.7 Å². The van der Waals surface area contributed by atoms with E-state index in [1.54, 1.807) is 6.07 Å². The minimum Gasteiger partial charge on any atom is -0.370 e. The smallest absolute Gasteiger partial charge is 0.317 e. The quantitative estimate of drug-likeness (QED) is 0.759. The highest BCUT2D eigenvalue weighted by Crippen LogP contribution is 2.28. The van der Waals surface area contributed by atoms with Crippen LogP contribution in [0.25, 0.3) is 0 Å². The molecule has 1 aromatic rings. The van der Waals surface area contributed by atoms with Crippen LogP contribution in [-0.2, 0) is 4.74 Å². The van der Waals surface area contributed by atoms with Crippen LogP contribution < -0.4 is 5.32 Å². The van der Waals surface area contributed by atoms with Gasteiger partial charge in [-0.25, -0.2) is 4.79 Å². The normalized spacial score (nSPS) is 22.9. The molecule has 2 aliphatic rings. The largest absolute Gasteiger partial charge is 0.370 e. The Morgan fingerprint density at radius 2 is 1.75 bits per heavy atom. The monoisotopic (exact) mass is 370 g/mol. The summed E-state index contributed by atoms with van der Waals surface area (Å²) in [5.74, 6) is 0. The van der Waals surface area contributed by atoms with Gasteiger partial charge in [-0.1, -0.05) is 48.9 Å². The minimum atomic E-state index is -0.185. The Morgan fingerprint density at radius 3 is 2.42 bits per heavy atom. The SMILES string of the molecule is O=C(NC1CCCCCC1)N1CCOC(c2cc(Cl)cc(Cl)c2)C1. The van der Waals surface area contributed by atoms with E-state index >= 15 is 0 Å². The van der Waals surface area contributed by atoms with Gasteiger partial charge in [0.15, 0.2) is 0 Å². The molecule has 0 radical (unpaired) electrons. The van der Waals surface area contributed by atoms with Crippen molar-refractivity contribution in [3.8, 4) is 0 Å². The van der Waals surface area contributed by atoms with Gasteiger partial charge in [0.25, 0.3) is 0 Å². The van der Waals surface area contributed by atoms with Gasteiger partial charge in [0.1, 0.15) is 6.10 Å². The van der Waals surface area contributed by atoms with Gasteiger partial charge in [0.2, 0.25) is 0 Å². The van der Waals surface area contributed by atoms with Gasteiger partial charge in [-0.05, 0) is 36.6 Å². The van der Waals surface area contributed by atoms with Crippen molar-refractivity contribution in [3.05, 3.63) is 33.8 Å². The fourth-order valence-electron chi connectivity index (χ4n) is 3.49. The number of carbonyl (C=O) groups excluding carboxylic acids is 1. The zero-order valence-corrected chi connectivity index (χ0v) is 15.3. The molecule has 0 aromatic heterocycles. The van der Waals surface area contributed by atoms with Crippen LogP contribution in [0.1, 0.15) is 50.2 Å². The molecule has 2 amide bonds. The molecule has 1 aliphatic heterocycles. The van der Waals surface area contributed by atoms with Crippen molar-refractivity contribution in [1.29, 1.82) is 0 Å². The van der Waals surface area contributed by atoms with Crippen molar-refractivity contribution in [2.45, 2.75) is 50.7 Å². The fraction of sp³-hybridized carbons (Fsp3) is 0.611. The number of hydrogen-bond donors (Lipinski definition) is 1. The van der Waals surface area contributed by atoms with Crippen molar-refractivity contribution in [2.75, 3.05) is 19.7 Å². The Morgan fingerprint density at radius 1 is 1.08 bits per heavy atom. The summed E-state index contributed by atoms with van der Waals surface area (Å²) in [5.41, 5.74) is 0.916. The first-order chi connectivity index (χ1) is 11.6. The summed E-state index contributed by atoms with van der Waals surface area (Å²) >= 11 is 12.2. The molecule has 1 aliphatic carbocycles. The van der Waals surface area contributed by atoms with Gasteiger partial charge >= 0.3 is 6.03 Å². The average Bonchev–Trinajstić information content (AvgIpc) is 2.83.